The van der Waals surface area contributed by atoms with E-state index in [0.717, 1.165) is 21.5 Å². The minimum atomic E-state index is -0.0166. The molecular weight excluding hydrogens is 360 g/mol. The second-order valence-electron chi connectivity index (χ2n) is 6.23. The number of nitrogens with zero attached hydrogens (tertiary/aromatic N) is 5. The molecule has 0 bridgehead atoms. The summed E-state index contributed by atoms with van der Waals surface area (Å²) < 4.78 is 1.61. The normalized spacial score (nSPS) is 10.9. The predicted octanol–water partition coefficient (Wildman–Crippen LogP) is 3.39. The van der Waals surface area contributed by atoms with Crippen molar-refractivity contribution in [2.24, 2.45) is 0 Å². The third-order valence-electron chi connectivity index (χ3n) is 4.04. The first-order chi connectivity index (χ1) is 13.1. The van der Waals surface area contributed by atoms with Gasteiger partial charge in [-0.05, 0) is 23.6 Å². The highest BCUT2D eigenvalue weighted by atomic mass is 32.1. The SMILES string of the molecule is CN(C)C(=O)Cn1cc(Nc2nc(-c3cccs3)nc3ccccc23)cn1. The van der Waals surface area contributed by atoms with Crippen LogP contribution in [0.1, 0.15) is 0 Å². The Morgan fingerprint density at radius 1 is 1.19 bits per heavy atom. The third-order valence-corrected chi connectivity index (χ3v) is 4.90. The molecule has 27 heavy (non-hydrogen) atoms. The molecule has 136 valence electrons. The van der Waals surface area contributed by atoms with Gasteiger partial charge in [0.15, 0.2) is 5.82 Å². The van der Waals surface area contributed by atoms with Crippen molar-refractivity contribution >= 4 is 39.7 Å². The zero-order valence-corrected chi connectivity index (χ0v) is 15.8. The highest BCUT2D eigenvalue weighted by Gasteiger charge is 2.12. The molecule has 3 heterocycles. The first-order valence-electron chi connectivity index (χ1n) is 8.40. The van der Waals surface area contributed by atoms with Crippen molar-refractivity contribution in [1.29, 1.82) is 0 Å². The number of nitrogens with one attached hydrogen (secondary N) is 1. The third kappa shape index (κ3) is 3.65. The van der Waals surface area contributed by atoms with Gasteiger partial charge in [0.1, 0.15) is 12.4 Å². The Kier molecular flexibility index (Phi) is 4.55. The van der Waals surface area contributed by atoms with Crippen LogP contribution in [-0.4, -0.2) is 44.7 Å². The van der Waals surface area contributed by atoms with Gasteiger partial charge >= 0.3 is 0 Å². The fourth-order valence-electron chi connectivity index (χ4n) is 2.62. The average Bonchev–Trinajstić information content (AvgIpc) is 3.34. The second kappa shape index (κ2) is 7.16. The van der Waals surface area contributed by atoms with Gasteiger partial charge < -0.3 is 10.2 Å². The lowest BCUT2D eigenvalue weighted by molar-refractivity contribution is -0.129. The van der Waals surface area contributed by atoms with E-state index in [1.807, 2.05) is 41.8 Å². The zero-order valence-electron chi connectivity index (χ0n) is 15.0. The molecule has 7 nitrogen and oxygen atoms in total. The number of aromatic nitrogens is 4. The molecule has 0 fully saturated rings. The molecule has 1 amide bonds. The summed E-state index contributed by atoms with van der Waals surface area (Å²) in [7, 11) is 3.45. The second-order valence-corrected chi connectivity index (χ2v) is 7.18. The summed E-state index contributed by atoms with van der Waals surface area (Å²) in [6, 6.07) is 11.9. The van der Waals surface area contributed by atoms with Crippen LogP contribution in [0.25, 0.3) is 21.6 Å². The number of fused-ring (bicyclic) bond motifs is 1. The van der Waals surface area contributed by atoms with E-state index in [9.17, 15) is 4.79 Å². The molecule has 8 heteroatoms. The summed E-state index contributed by atoms with van der Waals surface area (Å²) in [5.74, 6) is 1.38. The van der Waals surface area contributed by atoms with E-state index in [1.54, 1.807) is 47.4 Å². The smallest absolute Gasteiger partial charge is 0.243 e. The predicted molar refractivity (Wildman–Crippen MR) is 107 cm³/mol. The molecule has 0 spiro atoms. The standard InChI is InChI=1S/C19H18N6OS/c1-24(2)17(26)12-25-11-13(10-20-25)21-18-14-6-3-4-7-15(14)22-19(23-18)16-8-5-9-27-16/h3-11H,12H2,1-2H3,(H,21,22,23). The lowest BCUT2D eigenvalue weighted by Gasteiger charge is -2.10. The Morgan fingerprint density at radius 2 is 2.04 bits per heavy atom. The fourth-order valence-corrected chi connectivity index (χ4v) is 3.28. The molecule has 1 aromatic carbocycles. The van der Waals surface area contributed by atoms with Crippen LogP contribution in [0.5, 0.6) is 0 Å². The lowest BCUT2D eigenvalue weighted by atomic mass is 10.2. The van der Waals surface area contributed by atoms with Gasteiger partial charge in [0, 0.05) is 25.7 Å². The van der Waals surface area contributed by atoms with E-state index in [1.165, 1.54) is 0 Å². The molecule has 0 aliphatic rings. The highest BCUT2D eigenvalue weighted by Crippen LogP contribution is 2.29. The number of hydrogen-bond acceptors (Lipinski definition) is 6. The number of likely N-dealkylation sites (N-methyl/N-ethyl adjacent to an activating group) is 1. The molecule has 0 saturated heterocycles. The number of amides is 1. The Labute approximate surface area is 160 Å². The van der Waals surface area contributed by atoms with Crippen LogP contribution in [-0.2, 0) is 11.3 Å². The number of carbonyl (C=O) groups excluding carboxylic acids is 1. The van der Waals surface area contributed by atoms with Crippen molar-refractivity contribution in [2.75, 3.05) is 19.4 Å². The average molecular weight is 378 g/mol. The summed E-state index contributed by atoms with van der Waals surface area (Å²) in [6.45, 7) is 0.194. The van der Waals surface area contributed by atoms with Crippen LogP contribution >= 0.6 is 11.3 Å². The van der Waals surface area contributed by atoms with Gasteiger partial charge in [0.05, 0.1) is 22.3 Å². The molecule has 4 aromatic rings. The Balaban J connectivity index is 1.67. The summed E-state index contributed by atoms with van der Waals surface area (Å²) >= 11 is 1.60. The molecular formula is C19H18N6OS. The molecule has 0 aliphatic heterocycles. The first-order valence-corrected chi connectivity index (χ1v) is 9.28. The van der Waals surface area contributed by atoms with E-state index >= 15 is 0 Å². The van der Waals surface area contributed by atoms with Gasteiger partial charge in [0.2, 0.25) is 5.91 Å². The highest BCUT2D eigenvalue weighted by molar-refractivity contribution is 7.13. The van der Waals surface area contributed by atoms with Crippen molar-refractivity contribution in [2.45, 2.75) is 6.54 Å². The molecule has 4 rings (SSSR count). The van der Waals surface area contributed by atoms with Crippen molar-refractivity contribution in [3.8, 4) is 10.7 Å². The Morgan fingerprint density at radius 3 is 2.81 bits per heavy atom. The molecule has 0 saturated carbocycles. The summed E-state index contributed by atoms with van der Waals surface area (Å²) in [6.07, 6.45) is 3.48. The summed E-state index contributed by atoms with van der Waals surface area (Å²) in [4.78, 5) is 23.8. The molecule has 3 aromatic heterocycles. The van der Waals surface area contributed by atoms with Crippen molar-refractivity contribution in [1.82, 2.24) is 24.6 Å². The fraction of sp³-hybridized carbons (Fsp3) is 0.158. The van der Waals surface area contributed by atoms with E-state index in [-0.39, 0.29) is 12.5 Å². The van der Waals surface area contributed by atoms with Crippen LogP contribution < -0.4 is 5.32 Å². The van der Waals surface area contributed by atoms with E-state index in [0.29, 0.717) is 11.6 Å². The minimum absolute atomic E-state index is 0.0166. The molecule has 1 N–H and O–H groups in total. The summed E-state index contributed by atoms with van der Waals surface area (Å²) in [5, 5.41) is 10.5. The van der Waals surface area contributed by atoms with Crippen LogP contribution in [0.2, 0.25) is 0 Å². The number of hydrogen-bond donors (Lipinski definition) is 1. The van der Waals surface area contributed by atoms with Crippen LogP contribution in [0.3, 0.4) is 0 Å². The number of anilines is 2. The maximum absolute atomic E-state index is 11.9. The zero-order chi connectivity index (χ0) is 18.8. The van der Waals surface area contributed by atoms with E-state index in [2.05, 4.69) is 15.4 Å². The lowest BCUT2D eigenvalue weighted by Crippen LogP contribution is -2.26. The molecule has 0 aliphatic carbocycles. The van der Waals surface area contributed by atoms with E-state index < -0.39 is 0 Å². The van der Waals surface area contributed by atoms with E-state index in [4.69, 9.17) is 4.98 Å². The Bertz CT molecular complexity index is 1090. The molecule has 0 atom stereocenters. The first kappa shape index (κ1) is 17.2. The number of benzene rings is 1. The number of carbonyl (C=O) groups is 1. The number of para-hydroxylation sites is 1. The monoisotopic (exact) mass is 378 g/mol. The van der Waals surface area contributed by atoms with Crippen LogP contribution in [0.4, 0.5) is 11.5 Å². The van der Waals surface area contributed by atoms with Gasteiger partial charge in [-0.3, -0.25) is 9.48 Å². The molecule has 0 radical (unpaired) electrons. The largest absolute Gasteiger partial charge is 0.347 e. The van der Waals surface area contributed by atoms with Crippen molar-refractivity contribution in [3.05, 3.63) is 54.2 Å². The van der Waals surface area contributed by atoms with Gasteiger partial charge in [-0.2, -0.15) is 5.10 Å². The quantitative estimate of drug-likeness (QED) is 0.576. The Hall–Kier alpha value is -3.26. The number of thiophene rings is 1. The maximum atomic E-state index is 11.9. The van der Waals surface area contributed by atoms with Gasteiger partial charge in [-0.25, -0.2) is 9.97 Å². The maximum Gasteiger partial charge on any atom is 0.243 e. The summed E-state index contributed by atoms with van der Waals surface area (Å²) in [5.41, 5.74) is 1.64. The van der Waals surface area contributed by atoms with Gasteiger partial charge in [-0.1, -0.05) is 18.2 Å². The van der Waals surface area contributed by atoms with Crippen molar-refractivity contribution in [3.63, 3.8) is 0 Å². The minimum Gasteiger partial charge on any atom is -0.347 e. The topological polar surface area (TPSA) is 75.9 Å². The van der Waals surface area contributed by atoms with Gasteiger partial charge in [-0.15, -0.1) is 11.3 Å². The van der Waals surface area contributed by atoms with Crippen LogP contribution in [0.15, 0.2) is 54.2 Å². The van der Waals surface area contributed by atoms with Gasteiger partial charge in [0.25, 0.3) is 0 Å². The number of rotatable bonds is 5. The molecule has 0 unspecified atom stereocenters. The van der Waals surface area contributed by atoms with Crippen molar-refractivity contribution < 1.29 is 4.79 Å². The van der Waals surface area contributed by atoms with Crippen LogP contribution in [0, 0.1) is 0 Å².